The van der Waals surface area contributed by atoms with E-state index in [1.807, 2.05) is 7.11 Å². The van der Waals surface area contributed by atoms with Crippen molar-refractivity contribution in [2.24, 2.45) is 0 Å². The predicted octanol–water partition coefficient (Wildman–Crippen LogP) is 0.545. The molecule has 42 valence electrons. The molecular formula is C5H11O2+. The molecule has 0 aliphatic carbocycles. The van der Waals surface area contributed by atoms with Crippen LogP contribution in [0.2, 0.25) is 0 Å². The minimum atomic E-state index is 0.412. The Bertz CT molecular complexity index is 55.1. The number of hydrogen-bond acceptors (Lipinski definition) is 1. The SMILES string of the molecule is CC1C[O+](C)CO1. The Morgan fingerprint density at radius 1 is 1.71 bits per heavy atom. The molecule has 7 heavy (non-hydrogen) atoms. The number of rotatable bonds is 0. The first-order valence-electron chi connectivity index (χ1n) is 2.50. The van der Waals surface area contributed by atoms with Crippen LogP contribution in [0.4, 0.5) is 0 Å². The van der Waals surface area contributed by atoms with Gasteiger partial charge in [-0.25, -0.2) is 0 Å². The van der Waals surface area contributed by atoms with Crippen LogP contribution in [-0.2, 0) is 9.10 Å². The van der Waals surface area contributed by atoms with Crippen LogP contribution in [0.15, 0.2) is 0 Å². The first-order valence-corrected chi connectivity index (χ1v) is 2.50. The van der Waals surface area contributed by atoms with Crippen molar-refractivity contribution in [3.8, 4) is 0 Å². The van der Waals surface area contributed by atoms with Gasteiger partial charge >= 0.3 is 0 Å². The van der Waals surface area contributed by atoms with E-state index in [4.69, 9.17) is 4.74 Å². The molecule has 0 radical (unpaired) electrons. The summed E-state index contributed by atoms with van der Waals surface area (Å²) in [4.78, 5) is 0. The lowest BCUT2D eigenvalue weighted by Gasteiger charge is -1.98. The first-order chi connectivity index (χ1) is 3.29. The third kappa shape index (κ3) is 1.14. The molecular weight excluding hydrogens is 92.1 g/mol. The quantitative estimate of drug-likeness (QED) is 0.407. The van der Waals surface area contributed by atoms with Gasteiger partial charge in [-0.15, -0.1) is 0 Å². The molecule has 0 aromatic heterocycles. The van der Waals surface area contributed by atoms with E-state index in [9.17, 15) is 0 Å². The van der Waals surface area contributed by atoms with Crippen molar-refractivity contribution in [3.05, 3.63) is 0 Å². The molecule has 1 atom stereocenters. The summed E-state index contributed by atoms with van der Waals surface area (Å²) >= 11 is 0. The number of ether oxygens (including phenoxy) is 1. The number of hydrogen-bond donors (Lipinski definition) is 0. The largest absolute Gasteiger partial charge is 0.401 e. The zero-order chi connectivity index (χ0) is 5.28. The second-order valence-electron chi connectivity index (χ2n) is 2.04. The molecule has 0 N–H and O–H groups in total. The van der Waals surface area contributed by atoms with E-state index in [1.165, 1.54) is 0 Å². The Morgan fingerprint density at radius 2 is 2.43 bits per heavy atom. The van der Waals surface area contributed by atoms with Gasteiger partial charge in [0.2, 0.25) is 0 Å². The highest BCUT2D eigenvalue weighted by Crippen LogP contribution is 2.07. The highest BCUT2D eigenvalue weighted by Gasteiger charge is 2.19. The van der Waals surface area contributed by atoms with Gasteiger partial charge in [-0.2, -0.15) is 0 Å². The maximum Gasteiger partial charge on any atom is 0.256 e. The fraction of sp³-hybridized carbons (Fsp3) is 1.00. The molecule has 0 aromatic carbocycles. The zero-order valence-corrected chi connectivity index (χ0v) is 4.81. The average Bonchev–Trinajstić information content (AvgIpc) is 1.87. The lowest BCUT2D eigenvalue weighted by molar-refractivity contribution is -0.110. The Kier molecular flexibility index (Phi) is 1.30. The first kappa shape index (κ1) is 5.06. The molecule has 1 fully saturated rings. The van der Waals surface area contributed by atoms with E-state index >= 15 is 0 Å². The molecule has 0 saturated carbocycles. The monoisotopic (exact) mass is 103 g/mol. The van der Waals surface area contributed by atoms with Crippen molar-refractivity contribution in [1.82, 2.24) is 0 Å². The van der Waals surface area contributed by atoms with Gasteiger partial charge in [0.15, 0.2) is 6.61 Å². The Hall–Kier alpha value is -0.0800. The zero-order valence-electron chi connectivity index (χ0n) is 4.81. The van der Waals surface area contributed by atoms with Gasteiger partial charge in [0.25, 0.3) is 6.79 Å². The highest BCUT2D eigenvalue weighted by molar-refractivity contribution is 4.52. The van der Waals surface area contributed by atoms with Crippen molar-refractivity contribution in [1.29, 1.82) is 0 Å². The fourth-order valence-electron chi connectivity index (χ4n) is 0.729. The maximum atomic E-state index is 5.15. The Balaban J connectivity index is 2.26. The molecule has 0 aromatic rings. The lowest BCUT2D eigenvalue weighted by Crippen LogP contribution is -2.06. The molecule has 1 heterocycles. The maximum absolute atomic E-state index is 5.15. The standard InChI is InChI=1S/C5H11O2/c1-5-3-7(2)4-6-5/h5H,3-4H2,1-2H3/q+1. The van der Waals surface area contributed by atoms with Crippen molar-refractivity contribution in [3.63, 3.8) is 0 Å². The smallest absolute Gasteiger partial charge is 0.256 e. The van der Waals surface area contributed by atoms with Gasteiger partial charge in [-0.1, -0.05) is 0 Å². The summed E-state index contributed by atoms with van der Waals surface area (Å²) < 4.78 is 7.99. The summed E-state index contributed by atoms with van der Waals surface area (Å²) in [6.45, 7) is 3.79. The van der Waals surface area contributed by atoms with Gasteiger partial charge in [-0.3, -0.25) is 0 Å². The van der Waals surface area contributed by atoms with E-state index in [0.29, 0.717) is 6.10 Å². The molecule has 0 bridgehead atoms. The van der Waals surface area contributed by atoms with E-state index in [1.54, 1.807) is 0 Å². The van der Waals surface area contributed by atoms with Crippen molar-refractivity contribution < 1.29 is 9.10 Å². The van der Waals surface area contributed by atoms with Gasteiger partial charge in [0, 0.05) is 0 Å². The second kappa shape index (κ2) is 1.80. The van der Waals surface area contributed by atoms with E-state index in [2.05, 4.69) is 11.3 Å². The van der Waals surface area contributed by atoms with Crippen LogP contribution in [0.3, 0.4) is 0 Å². The van der Waals surface area contributed by atoms with Gasteiger partial charge in [-0.05, 0) is 6.92 Å². The molecule has 1 rings (SSSR count). The molecule has 1 saturated heterocycles. The summed E-state index contributed by atoms with van der Waals surface area (Å²) in [5, 5.41) is 0. The van der Waals surface area contributed by atoms with E-state index in [-0.39, 0.29) is 0 Å². The Labute approximate surface area is 43.7 Å². The van der Waals surface area contributed by atoms with Gasteiger partial charge in [0.05, 0.1) is 0 Å². The van der Waals surface area contributed by atoms with Crippen LogP contribution in [-0.4, -0.2) is 26.6 Å². The Morgan fingerprint density at radius 3 is 2.57 bits per heavy atom. The molecule has 2 nitrogen and oxygen atoms in total. The van der Waals surface area contributed by atoms with Crippen molar-refractivity contribution >= 4 is 0 Å². The summed E-state index contributed by atoms with van der Waals surface area (Å²) in [7, 11) is 1.98. The van der Waals surface area contributed by atoms with Crippen LogP contribution in [0.1, 0.15) is 6.92 Å². The third-order valence-corrected chi connectivity index (χ3v) is 1.07. The van der Waals surface area contributed by atoms with Crippen molar-refractivity contribution in [2.75, 3.05) is 20.5 Å². The van der Waals surface area contributed by atoms with Gasteiger partial charge < -0.3 is 9.10 Å². The topological polar surface area (TPSA) is 11.9 Å². The summed E-state index contributed by atoms with van der Waals surface area (Å²) in [6, 6.07) is 0. The third-order valence-electron chi connectivity index (χ3n) is 1.07. The molecule has 2 heteroatoms. The molecule has 0 spiro atoms. The summed E-state index contributed by atoms with van der Waals surface area (Å²) in [5.74, 6) is 0. The fourth-order valence-corrected chi connectivity index (χ4v) is 0.729. The molecule has 1 aliphatic rings. The average molecular weight is 103 g/mol. The minimum absolute atomic E-state index is 0.412. The lowest BCUT2D eigenvalue weighted by atomic mass is 10.5. The summed E-state index contributed by atoms with van der Waals surface area (Å²) in [6.07, 6.45) is 0.412. The van der Waals surface area contributed by atoms with Crippen LogP contribution in [0, 0.1) is 0 Å². The summed E-state index contributed by atoms with van der Waals surface area (Å²) in [5.41, 5.74) is 0. The van der Waals surface area contributed by atoms with Crippen molar-refractivity contribution in [2.45, 2.75) is 13.0 Å². The molecule has 1 aliphatic heterocycles. The van der Waals surface area contributed by atoms with E-state index < -0.39 is 0 Å². The normalized spacial score (nSPS) is 34.3. The van der Waals surface area contributed by atoms with Crippen LogP contribution in [0.25, 0.3) is 0 Å². The van der Waals surface area contributed by atoms with Crippen LogP contribution >= 0.6 is 0 Å². The molecule has 0 amide bonds. The van der Waals surface area contributed by atoms with E-state index in [0.717, 1.165) is 13.4 Å². The predicted molar refractivity (Wildman–Crippen MR) is 27.3 cm³/mol. The van der Waals surface area contributed by atoms with Crippen LogP contribution < -0.4 is 0 Å². The van der Waals surface area contributed by atoms with Gasteiger partial charge in [0.1, 0.15) is 13.2 Å². The highest BCUT2D eigenvalue weighted by atomic mass is 16.8. The second-order valence-corrected chi connectivity index (χ2v) is 2.04. The van der Waals surface area contributed by atoms with Crippen LogP contribution in [0.5, 0.6) is 0 Å². The minimum Gasteiger partial charge on any atom is -0.401 e. The molecule has 1 unspecified atom stereocenters.